The number of nitrogens with one attached hydrogen (secondary N) is 1. The van der Waals surface area contributed by atoms with Crippen LogP contribution in [0.25, 0.3) is 0 Å². The first-order chi connectivity index (χ1) is 10.4. The van der Waals surface area contributed by atoms with Crippen LogP contribution < -0.4 is 5.32 Å². The topological polar surface area (TPSA) is 63.4 Å². The van der Waals surface area contributed by atoms with E-state index in [1.54, 1.807) is 7.11 Å². The van der Waals surface area contributed by atoms with Crippen molar-refractivity contribution in [1.82, 2.24) is 20.4 Å². The van der Waals surface area contributed by atoms with E-state index in [2.05, 4.69) is 20.4 Å². The number of piperidine rings is 1. The van der Waals surface area contributed by atoms with Gasteiger partial charge >= 0.3 is 0 Å². The van der Waals surface area contributed by atoms with Gasteiger partial charge in [-0.2, -0.15) is 4.98 Å². The second-order valence-corrected chi connectivity index (χ2v) is 6.02. The predicted octanol–water partition coefficient (Wildman–Crippen LogP) is 1.54. The van der Waals surface area contributed by atoms with E-state index in [0.29, 0.717) is 12.1 Å². The van der Waals surface area contributed by atoms with E-state index in [9.17, 15) is 0 Å². The van der Waals surface area contributed by atoms with Crippen LogP contribution in [0.4, 0.5) is 0 Å². The second-order valence-electron chi connectivity index (χ2n) is 6.02. The lowest BCUT2D eigenvalue weighted by atomic mass is 10.0. The summed E-state index contributed by atoms with van der Waals surface area (Å²) < 4.78 is 10.6. The van der Waals surface area contributed by atoms with Gasteiger partial charge in [-0.05, 0) is 51.7 Å². The van der Waals surface area contributed by atoms with Gasteiger partial charge in [0.25, 0.3) is 0 Å². The third kappa shape index (κ3) is 3.62. The summed E-state index contributed by atoms with van der Waals surface area (Å²) in [5.41, 5.74) is 0. The first-order valence-electron chi connectivity index (χ1n) is 8.16. The van der Waals surface area contributed by atoms with Crippen molar-refractivity contribution >= 4 is 0 Å². The molecule has 2 fully saturated rings. The first-order valence-corrected chi connectivity index (χ1v) is 8.16. The molecule has 0 aliphatic carbocycles. The van der Waals surface area contributed by atoms with Crippen LogP contribution in [-0.4, -0.2) is 54.4 Å². The lowest BCUT2D eigenvalue weighted by Crippen LogP contribution is -2.42. The van der Waals surface area contributed by atoms with Gasteiger partial charge < -0.3 is 14.6 Å². The van der Waals surface area contributed by atoms with Crippen molar-refractivity contribution in [3.8, 4) is 0 Å². The molecule has 1 unspecified atom stereocenters. The van der Waals surface area contributed by atoms with Gasteiger partial charge in [0, 0.05) is 26.2 Å². The minimum Gasteiger partial charge on any atom is -0.385 e. The zero-order valence-corrected chi connectivity index (χ0v) is 12.9. The van der Waals surface area contributed by atoms with Crippen molar-refractivity contribution in [3.63, 3.8) is 0 Å². The predicted molar refractivity (Wildman–Crippen MR) is 79.1 cm³/mol. The number of hydrogen-bond acceptors (Lipinski definition) is 6. The van der Waals surface area contributed by atoms with Crippen LogP contribution in [-0.2, 0) is 11.2 Å². The Hall–Kier alpha value is -0.980. The fraction of sp³-hybridized carbons (Fsp3) is 0.867. The second kappa shape index (κ2) is 7.33. The molecular weight excluding hydrogens is 268 g/mol. The average Bonchev–Trinajstić information content (AvgIpc) is 3.17. The number of rotatable bonds is 6. The number of likely N-dealkylation sites (tertiary alicyclic amines) is 1. The molecule has 1 aromatic heterocycles. The van der Waals surface area contributed by atoms with Gasteiger partial charge in [-0.25, -0.2) is 0 Å². The molecule has 6 heteroatoms. The number of ether oxygens (including phenoxy) is 1. The summed E-state index contributed by atoms with van der Waals surface area (Å²) in [5.74, 6) is 1.64. The molecule has 2 saturated heterocycles. The smallest absolute Gasteiger partial charge is 0.244 e. The molecule has 1 atom stereocenters. The van der Waals surface area contributed by atoms with Crippen molar-refractivity contribution in [2.75, 3.05) is 33.4 Å². The fourth-order valence-electron chi connectivity index (χ4n) is 3.51. The molecule has 1 N–H and O–H groups in total. The maximum Gasteiger partial charge on any atom is 0.244 e. The maximum absolute atomic E-state index is 5.54. The fourth-order valence-corrected chi connectivity index (χ4v) is 3.51. The number of aromatic nitrogens is 2. The molecule has 0 spiro atoms. The Morgan fingerprint density at radius 1 is 1.33 bits per heavy atom. The molecule has 118 valence electrons. The highest BCUT2D eigenvalue weighted by molar-refractivity contribution is 4.99. The Morgan fingerprint density at radius 2 is 2.19 bits per heavy atom. The van der Waals surface area contributed by atoms with Gasteiger partial charge in [-0.3, -0.25) is 4.90 Å². The van der Waals surface area contributed by atoms with Crippen LogP contribution in [0.2, 0.25) is 0 Å². The van der Waals surface area contributed by atoms with Crippen LogP contribution >= 0.6 is 0 Å². The Labute approximate surface area is 126 Å². The van der Waals surface area contributed by atoms with E-state index in [1.807, 2.05) is 0 Å². The summed E-state index contributed by atoms with van der Waals surface area (Å²) in [5, 5.41) is 7.57. The summed E-state index contributed by atoms with van der Waals surface area (Å²) in [4.78, 5) is 7.21. The van der Waals surface area contributed by atoms with Gasteiger partial charge in [-0.15, -0.1) is 0 Å². The van der Waals surface area contributed by atoms with Gasteiger partial charge in [0.2, 0.25) is 5.89 Å². The molecule has 0 saturated carbocycles. The van der Waals surface area contributed by atoms with E-state index in [-0.39, 0.29) is 0 Å². The van der Waals surface area contributed by atoms with Crippen LogP contribution in [0, 0.1) is 0 Å². The lowest BCUT2D eigenvalue weighted by molar-refractivity contribution is 0.126. The molecule has 0 bridgehead atoms. The van der Waals surface area contributed by atoms with E-state index in [4.69, 9.17) is 9.26 Å². The lowest BCUT2D eigenvalue weighted by Gasteiger charge is -2.34. The summed E-state index contributed by atoms with van der Waals surface area (Å²) in [6.07, 6.45) is 6.60. The minimum atomic E-state index is 0.330. The number of aryl methyl sites for hydroxylation is 1. The summed E-state index contributed by atoms with van der Waals surface area (Å²) in [6, 6.07) is 0.999. The number of hydrogen-bond donors (Lipinski definition) is 1. The third-order valence-electron chi connectivity index (χ3n) is 4.59. The highest BCUT2D eigenvalue weighted by atomic mass is 16.5. The Kier molecular flexibility index (Phi) is 5.22. The monoisotopic (exact) mass is 294 g/mol. The van der Waals surface area contributed by atoms with Crippen LogP contribution in [0.15, 0.2) is 4.52 Å². The molecule has 0 amide bonds. The highest BCUT2D eigenvalue weighted by Crippen LogP contribution is 2.34. The van der Waals surface area contributed by atoms with E-state index in [0.717, 1.165) is 57.2 Å². The molecular formula is C15H26N4O2. The van der Waals surface area contributed by atoms with Crippen molar-refractivity contribution in [2.24, 2.45) is 0 Å². The number of nitrogens with zero attached hydrogens (tertiary/aromatic N) is 3. The Bertz CT molecular complexity index is 431. The molecule has 2 aliphatic rings. The van der Waals surface area contributed by atoms with Gasteiger partial charge in [-0.1, -0.05) is 5.16 Å². The van der Waals surface area contributed by atoms with E-state index in [1.165, 1.54) is 19.3 Å². The quantitative estimate of drug-likeness (QED) is 0.803. The normalized spacial score (nSPS) is 24.7. The first kappa shape index (κ1) is 14.9. The SMILES string of the molecule is COCCCc1noc(C2CCCN2C2CCNCC2)n1. The molecule has 0 radical (unpaired) electrons. The molecule has 2 aliphatic heterocycles. The minimum absolute atomic E-state index is 0.330. The van der Waals surface area contributed by atoms with Gasteiger partial charge in [0.15, 0.2) is 5.82 Å². The summed E-state index contributed by atoms with van der Waals surface area (Å²) in [7, 11) is 1.72. The number of methoxy groups -OCH3 is 1. The maximum atomic E-state index is 5.54. The van der Waals surface area contributed by atoms with Crippen molar-refractivity contribution in [2.45, 2.75) is 50.6 Å². The third-order valence-corrected chi connectivity index (χ3v) is 4.59. The zero-order valence-electron chi connectivity index (χ0n) is 12.9. The van der Waals surface area contributed by atoms with Crippen molar-refractivity contribution in [1.29, 1.82) is 0 Å². The zero-order chi connectivity index (χ0) is 14.5. The standard InChI is InChI=1S/C15H26N4O2/c1-20-11-3-5-14-17-15(21-18-14)13-4-2-10-19(13)12-6-8-16-9-7-12/h12-13,16H,2-11H2,1H3. The van der Waals surface area contributed by atoms with Crippen molar-refractivity contribution < 1.29 is 9.26 Å². The molecule has 21 heavy (non-hydrogen) atoms. The molecule has 0 aromatic carbocycles. The average molecular weight is 294 g/mol. The van der Waals surface area contributed by atoms with Gasteiger partial charge in [0.1, 0.15) is 0 Å². The van der Waals surface area contributed by atoms with Crippen LogP contribution in [0.5, 0.6) is 0 Å². The van der Waals surface area contributed by atoms with E-state index < -0.39 is 0 Å². The molecule has 3 rings (SSSR count). The summed E-state index contributed by atoms with van der Waals surface area (Å²) in [6.45, 7) is 4.16. The van der Waals surface area contributed by atoms with Crippen molar-refractivity contribution in [3.05, 3.63) is 11.7 Å². The van der Waals surface area contributed by atoms with Gasteiger partial charge in [0.05, 0.1) is 6.04 Å². The molecule has 3 heterocycles. The van der Waals surface area contributed by atoms with E-state index >= 15 is 0 Å². The largest absolute Gasteiger partial charge is 0.385 e. The Balaban J connectivity index is 1.61. The van der Waals surface area contributed by atoms with Crippen LogP contribution in [0.1, 0.15) is 49.9 Å². The molecule has 6 nitrogen and oxygen atoms in total. The van der Waals surface area contributed by atoms with Crippen LogP contribution in [0.3, 0.4) is 0 Å². The summed E-state index contributed by atoms with van der Waals surface area (Å²) >= 11 is 0. The Morgan fingerprint density at radius 3 is 3.00 bits per heavy atom. The highest BCUT2D eigenvalue weighted by Gasteiger charge is 2.35. The molecule has 1 aromatic rings.